The number of hydrogen-bond acceptors (Lipinski definition) is 4. The molecule has 3 rings (SSSR count). The summed E-state index contributed by atoms with van der Waals surface area (Å²) in [6.07, 6.45) is 1.72. The average molecular weight is 231 g/mol. The van der Waals surface area contributed by atoms with Crippen molar-refractivity contribution in [2.75, 3.05) is 6.54 Å². The zero-order chi connectivity index (χ0) is 12.0. The summed E-state index contributed by atoms with van der Waals surface area (Å²) in [5.74, 6) is 0.108. The summed E-state index contributed by atoms with van der Waals surface area (Å²) in [5, 5.41) is 14.4. The molecule has 88 valence electrons. The number of rotatable bonds is 1. The Hall–Kier alpha value is -1.95. The average Bonchev–Trinajstić information content (AvgIpc) is 2.84. The van der Waals surface area contributed by atoms with E-state index >= 15 is 0 Å². The number of aromatic nitrogens is 4. The second kappa shape index (κ2) is 3.53. The van der Waals surface area contributed by atoms with Crippen molar-refractivity contribution >= 4 is 5.78 Å². The number of carbonyl (C=O) groups is 1. The summed E-state index contributed by atoms with van der Waals surface area (Å²) < 4.78 is 1.79. The van der Waals surface area contributed by atoms with E-state index in [2.05, 4.69) is 20.6 Å². The minimum atomic E-state index is 0.108. The largest absolute Gasteiger partial charge is 0.304 e. The van der Waals surface area contributed by atoms with Gasteiger partial charge in [-0.25, -0.2) is 4.68 Å². The fourth-order valence-electron chi connectivity index (χ4n) is 2.22. The molecule has 2 aromatic rings. The van der Waals surface area contributed by atoms with Gasteiger partial charge in [-0.05, 0) is 13.8 Å². The van der Waals surface area contributed by atoms with Crippen LogP contribution < -0.4 is 5.32 Å². The Kier molecular flexibility index (Phi) is 2.12. The molecule has 0 spiro atoms. The zero-order valence-electron chi connectivity index (χ0n) is 9.74. The van der Waals surface area contributed by atoms with Crippen LogP contribution >= 0.6 is 0 Å². The minimum Gasteiger partial charge on any atom is -0.304 e. The third-order valence-corrected chi connectivity index (χ3v) is 3.08. The fourth-order valence-corrected chi connectivity index (χ4v) is 2.22. The Bertz CT molecular complexity index is 595. The van der Waals surface area contributed by atoms with Gasteiger partial charge in [-0.3, -0.25) is 9.89 Å². The Morgan fingerprint density at radius 3 is 2.82 bits per heavy atom. The molecule has 6 heteroatoms. The number of carbonyl (C=O) groups excluding carboxylic acids is 1. The van der Waals surface area contributed by atoms with Crippen molar-refractivity contribution in [2.24, 2.45) is 0 Å². The number of ketones is 1. The molecule has 0 unspecified atom stereocenters. The van der Waals surface area contributed by atoms with Gasteiger partial charge >= 0.3 is 0 Å². The van der Waals surface area contributed by atoms with E-state index in [-0.39, 0.29) is 5.78 Å². The number of aromatic amines is 1. The number of Topliss-reactive ketones (excluding diaryl/α,β-unsaturated/α-hetero) is 1. The van der Waals surface area contributed by atoms with E-state index in [4.69, 9.17) is 0 Å². The van der Waals surface area contributed by atoms with Crippen molar-refractivity contribution in [1.29, 1.82) is 0 Å². The van der Waals surface area contributed by atoms with Gasteiger partial charge in [-0.1, -0.05) is 0 Å². The SMILES string of the molecule is Cc1[nH]ncc1-n1nc2c(c1C)C(=O)CNC2. The van der Waals surface area contributed by atoms with E-state index in [0.29, 0.717) is 13.1 Å². The van der Waals surface area contributed by atoms with Gasteiger partial charge in [0.1, 0.15) is 5.69 Å². The van der Waals surface area contributed by atoms with Gasteiger partial charge in [0.2, 0.25) is 0 Å². The summed E-state index contributed by atoms with van der Waals surface area (Å²) in [6, 6.07) is 0. The number of nitrogens with one attached hydrogen (secondary N) is 2. The lowest BCUT2D eigenvalue weighted by molar-refractivity contribution is 0.0981. The smallest absolute Gasteiger partial charge is 0.180 e. The molecule has 0 fully saturated rings. The Morgan fingerprint density at radius 1 is 1.35 bits per heavy atom. The van der Waals surface area contributed by atoms with Gasteiger partial charge in [0.15, 0.2) is 5.78 Å². The highest BCUT2D eigenvalue weighted by Crippen LogP contribution is 2.21. The second-order valence-electron chi connectivity index (χ2n) is 4.23. The Balaban J connectivity index is 2.20. The summed E-state index contributed by atoms with van der Waals surface area (Å²) >= 11 is 0. The van der Waals surface area contributed by atoms with Gasteiger partial charge in [0.25, 0.3) is 0 Å². The van der Waals surface area contributed by atoms with Gasteiger partial charge < -0.3 is 5.32 Å². The molecule has 0 aliphatic carbocycles. The van der Waals surface area contributed by atoms with Crippen LogP contribution in [-0.4, -0.2) is 32.3 Å². The van der Waals surface area contributed by atoms with Crippen molar-refractivity contribution in [2.45, 2.75) is 20.4 Å². The maximum atomic E-state index is 11.8. The van der Waals surface area contributed by atoms with Crippen LogP contribution in [0.15, 0.2) is 6.20 Å². The van der Waals surface area contributed by atoms with Crippen molar-refractivity contribution in [3.8, 4) is 5.69 Å². The molecule has 1 aliphatic rings. The van der Waals surface area contributed by atoms with Gasteiger partial charge in [0.05, 0.1) is 35.4 Å². The van der Waals surface area contributed by atoms with E-state index in [1.54, 1.807) is 10.9 Å². The summed E-state index contributed by atoms with van der Waals surface area (Å²) in [7, 11) is 0. The number of aryl methyl sites for hydroxylation is 1. The van der Waals surface area contributed by atoms with Crippen molar-refractivity contribution in [3.63, 3.8) is 0 Å². The summed E-state index contributed by atoms with van der Waals surface area (Å²) in [6.45, 7) is 4.89. The van der Waals surface area contributed by atoms with E-state index in [0.717, 1.165) is 28.3 Å². The van der Waals surface area contributed by atoms with Crippen LogP contribution in [0.25, 0.3) is 5.69 Å². The zero-order valence-corrected chi connectivity index (χ0v) is 9.74. The first-order valence-corrected chi connectivity index (χ1v) is 5.51. The van der Waals surface area contributed by atoms with Crippen LogP contribution in [0, 0.1) is 13.8 Å². The first-order valence-electron chi connectivity index (χ1n) is 5.51. The van der Waals surface area contributed by atoms with E-state index < -0.39 is 0 Å². The molecule has 1 aliphatic heterocycles. The molecule has 0 saturated carbocycles. The predicted octanol–water partition coefficient (Wildman–Crippen LogP) is 0.498. The fraction of sp³-hybridized carbons (Fsp3) is 0.364. The lowest BCUT2D eigenvalue weighted by Gasteiger charge is -2.09. The maximum Gasteiger partial charge on any atom is 0.180 e. The molecule has 0 saturated heterocycles. The van der Waals surface area contributed by atoms with Crippen molar-refractivity contribution in [1.82, 2.24) is 25.3 Å². The van der Waals surface area contributed by atoms with Gasteiger partial charge in [0, 0.05) is 6.54 Å². The van der Waals surface area contributed by atoms with E-state index in [9.17, 15) is 4.79 Å². The number of fused-ring (bicyclic) bond motifs is 1. The lowest BCUT2D eigenvalue weighted by atomic mass is 10.1. The molecule has 0 aromatic carbocycles. The second-order valence-corrected chi connectivity index (χ2v) is 4.23. The maximum absolute atomic E-state index is 11.8. The molecule has 0 amide bonds. The molecule has 2 aromatic heterocycles. The quantitative estimate of drug-likeness (QED) is 0.749. The molecule has 6 nitrogen and oxygen atoms in total. The molecular weight excluding hydrogens is 218 g/mol. The number of hydrogen-bond donors (Lipinski definition) is 2. The first kappa shape index (κ1) is 10.2. The van der Waals surface area contributed by atoms with Crippen molar-refractivity contribution in [3.05, 3.63) is 28.8 Å². The molecule has 0 atom stereocenters. The van der Waals surface area contributed by atoms with Crippen LogP contribution in [0.1, 0.15) is 27.4 Å². The molecule has 2 N–H and O–H groups in total. The number of H-pyrrole nitrogens is 1. The molecule has 3 heterocycles. The monoisotopic (exact) mass is 231 g/mol. The lowest BCUT2D eigenvalue weighted by Crippen LogP contribution is -2.29. The van der Waals surface area contributed by atoms with Crippen molar-refractivity contribution < 1.29 is 4.79 Å². The molecular formula is C11H13N5O. The Morgan fingerprint density at radius 2 is 2.18 bits per heavy atom. The molecule has 0 bridgehead atoms. The summed E-state index contributed by atoms with van der Waals surface area (Å²) in [4.78, 5) is 11.8. The van der Waals surface area contributed by atoms with Crippen LogP contribution in [-0.2, 0) is 6.54 Å². The van der Waals surface area contributed by atoms with Gasteiger partial charge in [-0.2, -0.15) is 10.2 Å². The highest BCUT2D eigenvalue weighted by molar-refractivity contribution is 6.00. The van der Waals surface area contributed by atoms with Crippen LogP contribution in [0.5, 0.6) is 0 Å². The van der Waals surface area contributed by atoms with Crippen LogP contribution in [0.2, 0.25) is 0 Å². The molecule has 0 radical (unpaired) electrons. The third kappa shape index (κ3) is 1.41. The number of nitrogens with zero attached hydrogens (tertiary/aromatic N) is 3. The van der Waals surface area contributed by atoms with Crippen LogP contribution in [0.3, 0.4) is 0 Å². The first-order chi connectivity index (χ1) is 8.18. The standard InChI is InChI=1S/C11H13N5O/c1-6-9(4-13-14-6)16-7(2)11-8(15-16)3-12-5-10(11)17/h4,12H,3,5H2,1-2H3,(H,13,14). The van der Waals surface area contributed by atoms with Crippen LogP contribution in [0.4, 0.5) is 0 Å². The van der Waals surface area contributed by atoms with E-state index in [1.165, 1.54) is 0 Å². The highest BCUT2D eigenvalue weighted by atomic mass is 16.1. The summed E-state index contributed by atoms with van der Waals surface area (Å²) in [5.41, 5.74) is 4.29. The minimum absolute atomic E-state index is 0.108. The topological polar surface area (TPSA) is 75.6 Å². The van der Waals surface area contributed by atoms with Gasteiger partial charge in [-0.15, -0.1) is 0 Å². The predicted molar refractivity (Wildman–Crippen MR) is 61.2 cm³/mol. The molecule has 17 heavy (non-hydrogen) atoms. The highest BCUT2D eigenvalue weighted by Gasteiger charge is 2.25. The Labute approximate surface area is 98.0 Å². The normalized spacial score (nSPS) is 15.1. The third-order valence-electron chi connectivity index (χ3n) is 3.08. The van der Waals surface area contributed by atoms with E-state index in [1.807, 2.05) is 13.8 Å².